The summed E-state index contributed by atoms with van der Waals surface area (Å²) in [7, 11) is 4.26. The van der Waals surface area contributed by atoms with E-state index in [0.717, 1.165) is 13.1 Å². The maximum absolute atomic E-state index is 4.78. The van der Waals surface area contributed by atoms with Gasteiger partial charge in [0.2, 0.25) is 0 Å². The van der Waals surface area contributed by atoms with Crippen LogP contribution in [-0.2, 0) is 12.5 Å². The van der Waals surface area contributed by atoms with Crippen LogP contribution in [0.2, 0.25) is 0 Å². The molecule has 3 nitrogen and oxygen atoms in total. The second-order valence-corrected chi connectivity index (χ2v) is 7.70. The Morgan fingerprint density at radius 1 is 1.00 bits per heavy atom. The van der Waals surface area contributed by atoms with E-state index in [1.54, 1.807) is 0 Å². The molecule has 1 saturated heterocycles. The lowest BCUT2D eigenvalue weighted by molar-refractivity contribution is 0.407. The molecule has 1 aliphatic rings. The van der Waals surface area contributed by atoms with E-state index in [1.807, 2.05) is 11.7 Å². The largest absolute Gasteiger partial charge is 0.305 e. The fraction of sp³-hybridized carbons (Fsp3) is 0.526. The van der Waals surface area contributed by atoms with Crippen molar-refractivity contribution in [2.24, 2.45) is 7.05 Å². The predicted octanol–water partition coefficient (Wildman–Crippen LogP) is 3.53. The summed E-state index contributed by atoms with van der Waals surface area (Å²) in [6.07, 6.45) is 2.24. The first kappa shape index (κ1) is 15.3. The Balaban J connectivity index is 2.03. The molecule has 0 spiro atoms. The van der Waals surface area contributed by atoms with Crippen molar-refractivity contribution in [3.63, 3.8) is 0 Å². The Hall–Kier alpha value is -1.61. The zero-order valence-corrected chi connectivity index (χ0v) is 14.4. The van der Waals surface area contributed by atoms with Crippen molar-refractivity contribution < 1.29 is 0 Å². The Morgan fingerprint density at radius 2 is 1.64 bits per heavy atom. The molecule has 3 heteroatoms. The van der Waals surface area contributed by atoms with Gasteiger partial charge < -0.3 is 4.90 Å². The lowest BCUT2D eigenvalue weighted by Crippen LogP contribution is -2.19. The molecule has 0 aliphatic carbocycles. The maximum atomic E-state index is 4.78. The fourth-order valence-corrected chi connectivity index (χ4v) is 3.71. The summed E-state index contributed by atoms with van der Waals surface area (Å²) < 4.78 is 1.98. The summed E-state index contributed by atoms with van der Waals surface area (Å²) >= 11 is 0. The predicted molar refractivity (Wildman–Crippen MR) is 91.3 cm³/mol. The van der Waals surface area contributed by atoms with Gasteiger partial charge in [-0.3, -0.25) is 4.68 Å². The molecule has 0 saturated carbocycles. The quantitative estimate of drug-likeness (QED) is 0.845. The molecule has 1 aliphatic heterocycles. The molecule has 1 fully saturated rings. The topological polar surface area (TPSA) is 21.1 Å². The van der Waals surface area contributed by atoms with Crippen molar-refractivity contribution in [2.45, 2.75) is 38.0 Å². The average Bonchev–Trinajstić information content (AvgIpc) is 3.02. The van der Waals surface area contributed by atoms with Gasteiger partial charge in [-0.05, 0) is 18.2 Å². The van der Waals surface area contributed by atoms with Crippen LogP contribution in [0.1, 0.15) is 49.4 Å². The minimum absolute atomic E-state index is 0.0823. The van der Waals surface area contributed by atoms with Gasteiger partial charge in [0, 0.05) is 43.6 Å². The molecule has 1 aromatic carbocycles. The molecular weight excluding hydrogens is 270 g/mol. The molecule has 0 amide bonds. The monoisotopic (exact) mass is 297 g/mol. The Kier molecular flexibility index (Phi) is 3.85. The lowest BCUT2D eigenvalue weighted by atomic mass is 9.79. The van der Waals surface area contributed by atoms with Crippen molar-refractivity contribution in [2.75, 3.05) is 20.1 Å². The number of rotatable bonds is 2. The molecule has 22 heavy (non-hydrogen) atoms. The molecular formula is C19H27N3. The molecule has 3 rings (SSSR count). The Labute approximate surface area is 133 Å². The molecule has 2 aromatic rings. The van der Waals surface area contributed by atoms with Gasteiger partial charge >= 0.3 is 0 Å². The molecule has 2 heterocycles. The van der Waals surface area contributed by atoms with Crippen LogP contribution in [0.15, 0.2) is 36.5 Å². The summed E-state index contributed by atoms with van der Waals surface area (Å²) in [6, 6.07) is 10.9. The highest BCUT2D eigenvalue weighted by Crippen LogP contribution is 2.42. The number of hydrogen-bond donors (Lipinski definition) is 0. The first-order chi connectivity index (χ1) is 10.4. The van der Waals surface area contributed by atoms with Crippen LogP contribution in [0, 0.1) is 0 Å². The van der Waals surface area contributed by atoms with E-state index in [0.29, 0.717) is 11.8 Å². The SMILES string of the molecule is CN1CC(c2ccccc2)C(c2cn(C)nc2C(C)(C)C)C1. The number of aryl methyl sites for hydroxylation is 1. The van der Waals surface area contributed by atoms with Gasteiger partial charge in [0.05, 0.1) is 5.69 Å². The van der Waals surface area contributed by atoms with Gasteiger partial charge in [0.15, 0.2) is 0 Å². The van der Waals surface area contributed by atoms with Crippen molar-refractivity contribution in [1.29, 1.82) is 0 Å². The van der Waals surface area contributed by atoms with Gasteiger partial charge in [-0.2, -0.15) is 5.10 Å². The molecule has 2 atom stereocenters. The normalized spacial score (nSPS) is 23.1. The van der Waals surface area contributed by atoms with Crippen LogP contribution < -0.4 is 0 Å². The average molecular weight is 297 g/mol. The van der Waals surface area contributed by atoms with E-state index in [2.05, 4.69) is 69.2 Å². The second-order valence-electron chi connectivity index (χ2n) is 7.70. The van der Waals surface area contributed by atoms with Gasteiger partial charge in [-0.25, -0.2) is 0 Å². The van der Waals surface area contributed by atoms with Crippen molar-refractivity contribution in [3.8, 4) is 0 Å². The van der Waals surface area contributed by atoms with Crippen LogP contribution >= 0.6 is 0 Å². The van der Waals surface area contributed by atoms with E-state index in [1.165, 1.54) is 16.8 Å². The zero-order chi connectivity index (χ0) is 15.9. The summed E-state index contributed by atoms with van der Waals surface area (Å²) in [6.45, 7) is 9.00. The molecule has 0 radical (unpaired) electrons. The van der Waals surface area contributed by atoms with E-state index in [4.69, 9.17) is 5.10 Å². The fourth-order valence-electron chi connectivity index (χ4n) is 3.71. The third kappa shape index (κ3) is 2.82. The van der Waals surface area contributed by atoms with Crippen molar-refractivity contribution in [1.82, 2.24) is 14.7 Å². The van der Waals surface area contributed by atoms with Gasteiger partial charge in [0.1, 0.15) is 0 Å². The van der Waals surface area contributed by atoms with Crippen LogP contribution in [0.25, 0.3) is 0 Å². The van der Waals surface area contributed by atoms with E-state index >= 15 is 0 Å². The van der Waals surface area contributed by atoms with Crippen molar-refractivity contribution >= 4 is 0 Å². The summed E-state index contributed by atoms with van der Waals surface area (Å²) in [5.74, 6) is 1.08. The molecule has 0 bridgehead atoms. The minimum atomic E-state index is 0.0823. The number of likely N-dealkylation sites (N-methyl/N-ethyl adjacent to an activating group) is 1. The van der Waals surface area contributed by atoms with E-state index in [-0.39, 0.29) is 5.41 Å². The highest BCUT2D eigenvalue weighted by atomic mass is 15.3. The molecule has 1 aromatic heterocycles. The summed E-state index contributed by atoms with van der Waals surface area (Å²) in [5, 5.41) is 4.78. The van der Waals surface area contributed by atoms with Crippen LogP contribution in [0.5, 0.6) is 0 Å². The van der Waals surface area contributed by atoms with Crippen LogP contribution in [0.3, 0.4) is 0 Å². The summed E-state index contributed by atoms with van der Waals surface area (Å²) in [5.41, 5.74) is 4.20. The molecule has 2 unspecified atom stereocenters. The Bertz CT molecular complexity index is 636. The second kappa shape index (κ2) is 5.54. The highest BCUT2D eigenvalue weighted by molar-refractivity contribution is 5.35. The van der Waals surface area contributed by atoms with Gasteiger partial charge in [-0.15, -0.1) is 0 Å². The first-order valence-corrected chi connectivity index (χ1v) is 8.14. The lowest BCUT2D eigenvalue weighted by Gasteiger charge is -2.23. The third-order valence-corrected chi connectivity index (χ3v) is 4.70. The first-order valence-electron chi connectivity index (χ1n) is 8.14. The molecule has 0 N–H and O–H groups in total. The van der Waals surface area contributed by atoms with Gasteiger partial charge in [-0.1, -0.05) is 51.1 Å². The number of benzene rings is 1. The number of nitrogens with zero attached hydrogens (tertiary/aromatic N) is 3. The van der Waals surface area contributed by atoms with Crippen LogP contribution in [0.4, 0.5) is 0 Å². The third-order valence-electron chi connectivity index (χ3n) is 4.70. The molecule has 118 valence electrons. The van der Waals surface area contributed by atoms with E-state index in [9.17, 15) is 0 Å². The number of likely N-dealkylation sites (tertiary alicyclic amines) is 1. The minimum Gasteiger partial charge on any atom is -0.305 e. The highest BCUT2D eigenvalue weighted by Gasteiger charge is 2.37. The maximum Gasteiger partial charge on any atom is 0.0713 e. The zero-order valence-electron chi connectivity index (χ0n) is 14.4. The smallest absolute Gasteiger partial charge is 0.0713 e. The number of hydrogen-bond acceptors (Lipinski definition) is 2. The summed E-state index contributed by atoms with van der Waals surface area (Å²) in [4.78, 5) is 2.45. The van der Waals surface area contributed by atoms with Gasteiger partial charge in [0.25, 0.3) is 0 Å². The van der Waals surface area contributed by atoms with Crippen molar-refractivity contribution in [3.05, 3.63) is 53.3 Å². The Morgan fingerprint density at radius 3 is 2.27 bits per heavy atom. The van der Waals surface area contributed by atoms with Crippen LogP contribution in [-0.4, -0.2) is 34.8 Å². The van der Waals surface area contributed by atoms with E-state index < -0.39 is 0 Å². The standard InChI is InChI=1S/C19H27N3/c1-19(2,3)18-17(13-22(5)20-18)16-12-21(4)11-15(16)14-9-7-6-8-10-14/h6-10,13,15-16H,11-12H2,1-5H3. The number of aromatic nitrogens is 2.